The predicted octanol–water partition coefficient (Wildman–Crippen LogP) is 2.29. The molecule has 0 saturated carbocycles. The Hall–Kier alpha value is -1.05. The van der Waals surface area contributed by atoms with Crippen molar-refractivity contribution in [2.45, 2.75) is 41.2 Å². The molecule has 0 aromatic heterocycles. The normalized spacial score (nSPS) is 23.5. The molecule has 1 unspecified atom stereocenters. The fourth-order valence-electron chi connectivity index (χ4n) is 2.60. The molecule has 1 fully saturated rings. The maximum absolute atomic E-state index is 12.6. The number of piperidine rings is 1. The van der Waals surface area contributed by atoms with Crippen molar-refractivity contribution < 1.29 is 13.2 Å². The monoisotopic (exact) mass is 326 g/mol. The van der Waals surface area contributed by atoms with Crippen LogP contribution in [0.2, 0.25) is 0 Å². The lowest BCUT2D eigenvalue weighted by molar-refractivity contribution is -0.115. The topological polar surface area (TPSA) is 66.5 Å². The first-order valence-electron chi connectivity index (χ1n) is 7.10. The fraction of sp³-hybridized carbons (Fsp3) is 0.500. The van der Waals surface area contributed by atoms with Crippen LogP contribution in [-0.4, -0.2) is 37.0 Å². The molecule has 1 atom stereocenters. The molecule has 1 N–H and O–H groups in total. The minimum absolute atomic E-state index is 0.0833. The Bertz CT molecular complexity index is 667. The molecule has 7 heteroatoms. The van der Waals surface area contributed by atoms with Crippen LogP contribution in [0.15, 0.2) is 28.0 Å². The van der Waals surface area contributed by atoms with Crippen LogP contribution in [0, 0.1) is 0 Å². The van der Waals surface area contributed by atoms with Crippen LogP contribution < -0.4 is 5.32 Å². The van der Waals surface area contributed by atoms with Crippen molar-refractivity contribution in [1.29, 1.82) is 0 Å². The minimum Gasteiger partial charge on any atom is -0.324 e. The van der Waals surface area contributed by atoms with Gasteiger partial charge in [0, 0.05) is 18.0 Å². The van der Waals surface area contributed by atoms with Crippen molar-refractivity contribution in [3.8, 4) is 0 Å². The van der Waals surface area contributed by atoms with Gasteiger partial charge in [-0.2, -0.15) is 4.31 Å². The molecule has 1 amide bonds. The van der Waals surface area contributed by atoms with Crippen LogP contribution >= 0.6 is 11.8 Å². The molecule has 0 radical (unpaired) electrons. The van der Waals surface area contributed by atoms with Crippen molar-refractivity contribution in [2.75, 3.05) is 18.4 Å². The Morgan fingerprint density at radius 2 is 1.95 bits per heavy atom. The van der Waals surface area contributed by atoms with Gasteiger partial charge in [0.15, 0.2) is 0 Å². The maximum atomic E-state index is 12.6. The molecule has 1 saturated heterocycles. The fourth-order valence-corrected chi connectivity index (χ4v) is 5.08. The summed E-state index contributed by atoms with van der Waals surface area (Å²) in [5.41, 5.74) is 0.598. The molecular weight excluding hydrogens is 308 g/mol. The van der Waals surface area contributed by atoms with E-state index >= 15 is 0 Å². The number of anilines is 1. The number of hydrogen-bond acceptors (Lipinski definition) is 4. The number of hydrogen-bond donors (Lipinski definition) is 1. The lowest BCUT2D eigenvalue weighted by Crippen LogP contribution is -2.35. The highest BCUT2D eigenvalue weighted by Gasteiger charge is 2.29. The molecule has 1 aromatic carbocycles. The quantitative estimate of drug-likeness (QED) is 0.905. The zero-order chi connectivity index (χ0) is 15.0. The van der Waals surface area contributed by atoms with Gasteiger partial charge in [-0.25, -0.2) is 8.42 Å². The summed E-state index contributed by atoms with van der Waals surface area (Å²) in [6.07, 6.45) is 2.91. The Labute approximate surface area is 129 Å². The van der Waals surface area contributed by atoms with Gasteiger partial charge in [-0.05, 0) is 38.0 Å². The number of fused-ring (bicyclic) bond motifs is 1. The summed E-state index contributed by atoms with van der Waals surface area (Å²) in [5.74, 6) is -0.0833. The first-order valence-corrected chi connectivity index (χ1v) is 9.42. The maximum Gasteiger partial charge on any atom is 0.243 e. The summed E-state index contributed by atoms with van der Waals surface area (Å²) in [7, 11) is -3.45. The smallest absolute Gasteiger partial charge is 0.243 e. The van der Waals surface area contributed by atoms with Gasteiger partial charge in [0.2, 0.25) is 15.9 Å². The molecule has 3 rings (SSSR count). The molecular formula is C14H18N2O3S2. The average molecular weight is 326 g/mol. The molecule has 0 spiro atoms. The number of carbonyl (C=O) groups excluding carboxylic acids is 1. The van der Waals surface area contributed by atoms with Gasteiger partial charge in [-0.3, -0.25) is 4.79 Å². The number of thioether (sulfide) groups is 1. The Morgan fingerprint density at radius 3 is 2.67 bits per heavy atom. The summed E-state index contributed by atoms with van der Waals surface area (Å²) in [5, 5.41) is 2.63. The highest BCUT2D eigenvalue weighted by atomic mass is 32.2. The molecule has 114 valence electrons. The number of benzene rings is 1. The largest absolute Gasteiger partial charge is 0.324 e. The van der Waals surface area contributed by atoms with Crippen molar-refractivity contribution in [3.63, 3.8) is 0 Å². The van der Waals surface area contributed by atoms with Crippen LogP contribution in [0.25, 0.3) is 0 Å². The van der Waals surface area contributed by atoms with E-state index in [1.165, 1.54) is 11.8 Å². The molecule has 21 heavy (non-hydrogen) atoms. The van der Waals surface area contributed by atoms with Crippen molar-refractivity contribution in [1.82, 2.24) is 4.31 Å². The zero-order valence-electron chi connectivity index (χ0n) is 11.8. The third-order valence-electron chi connectivity index (χ3n) is 3.83. The van der Waals surface area contributed by atoms with E-state index in [1.54, 1.807) is 22.5 Å². The van der Waals surface area contributed by atoms with Gasteiger partial charge in [0.25, 0.3) is 0 Å². The van der Waals surface area contributed by atoms with Gasteiger partial charge in [-0.1, -0.05) is 6.42 Å². The minimum atomic E-state index is -3.45. The van der Waals surface area contributed by atoms with Crippen LogP contribution in [-0.2, 0) is 14.8 Å². The second-order valence-electron chi connectivity index (χ2n) is 5.37. The van der Waals surface area contributed by atoms with Crippen molar-refractivity contribution >= 4 is 33.4 Å². The molecule has 0 aliphatic carbocycles. The van der Waals surface area contributed by atoms with E-state index in [0.717, 1.165) is 24.2 Å². The summed E-state index contributed by atoms with van der Waals surface area (Å²) in [4.78, 5) is 12.9. The number of carbonyl (C=O) groups is 1. The van der Waals surface area contributed by atoms with Gasteiger partial charge in [-0.15, -0.1) is 11.8 Å². The summed E-state index contributed by atoms with van der Waals surface area (Å²) < 4.78 is 26.8. The van der Waals surface area contributed by atoms with E-state index in [-0.39, 0.29) is 16.1 Å². The number of amides is 1. The van der Waals surface area contributed by atoms with Crippen LogP contribution in [0.1, 0.15) is 26.2 Å². The summed E-state index contributed by atoms with van der Waals surface area (Å²) in [6.45, 7) is 3.00. The van der Waals surface area contributed by atoms with Gasteiger partial charge < -0.3 is 5.32 Å². The molecule has 2 heterocycles. The second kappa shape index (κ2) is 5.62. The zero-order valence-corrected chi connectivity index (χ0v) is 13.5. The first-order chi connectivity index (χ1) is 9.98. The molecule has 2 aliphatic heterocycles. The summed E-state index contributed by atoms with van der Waals surface area (Å²) >= 11 is 1.45. The van der Waals surface area contributed by atoms with E-state index < -0.39 is 10.0 Å². The van der Waals surface area contributed by atoms with Gasteiger partial charge in [0.05, 0.1) is 15.8 Å². The SMILES string of the molecule is CC1Sc2ccc(S(=O)(=O)N3CCCCC3)cc2NC1=O. The summed E-state index contributed by atoms with van der Waals surface area (Å²) in [6, 6.07) is 5.00. The first kappa shape index (κ1) is 14.9. The number of nitrogens with zero attached hydrogens (tertiary/aromatic N) is 1. The molecule has 1 aromatic rings. The van der Waals surface area contributed by atoms with Gasteiger partial charge in [0.1, 0.15) is 0 Å². The lowest BCUT2D eigenvalue weighted by atomic mass is 10.2. The standard InChI is InChI=1S/C14H18N2O3S2/c1-10-14(17)15-12-9-11(5-6-13(12)20-10)21(18,19)16-7-3-2-4-8-16/h5-6,9-10H,2-4,7-8H2,1H3,(H,15,17). The Kier molecular flexibility index (Phi) is 3.98. The van der Waals surface area contributed by atoms with E-state index in [4.69, 9.17) is 0 Å². The van der Waals surface area contributed by atoms with Gasteiger partial charge >= 0.3 is 0 Å². The third-order valence-corrected chi connectivity index (χ3v) is 6.91. The van der Waals surface area contributed by atoms with Crippen molar-refractivity contribution in [3.05, 3.63) is 18.2 Å². The molecule has 5 nitrogen and oxygen atoms in total. The van der Waals surface area contributed by atoms with Crippen LogP contribution in [0.4, 0.5) is 5.69 Å². The van der Waals surface area contributed by atoms with E-state index in [0.29, 0.717) is 18.8 Å². The number of sulfonamides is 1. The number of rotatable bonds is 2. The van der Waals surface area contributed by atoms with Crippen LogP contribution in [0.3, 0.4) is 0 Å². The molecule has 0 bridgehead atoms. The van der Waals surface area contributed by atoms with E-state index in [9.17, 15) is 13.2 Å². The van der Waals surface area contributed by atoms with E-state index in [1.807, 2.05) is 6.92 Å². The predicted molar refractivity (Wildman–Crippen MR) is 83.0 cm³/mol. The van der Waals surface area contributed by atoms with Crippen molar-refractivity contribution in [2.24, 2.45) is 0 Å². The average Bonchev–Trinajstić information content (AvgIpc) is 2.49. The molecule has 2 aliphatic rings. The highest BCUT2D eigenvalue weighted by Crippen LogP contribution is 2.37. The second-order valence-corrected chi connectivity index (χ2v) is 8.69. The van der Waals surface area contributed by atoms with E-state index in [2.05, 4.69) is 5.32 Å². The highest BCUT2D eigenvalue weighted by molar-refractivity contribution is 8.01. The lowest BCUT2D eigenvalue weighted by Gasteiger charge is -2.27. The number of nitrogens with one attached hydrogen (secondary N) is 1. The Morgan fingerprint density at radius 1 is 1.24 bits per heavy atom. The third kappa shape index (κ3) is 2.82. The van der Waals surface area contributed by atoms with Crippen LogP contribution in [0.5, 0.6) is 0 Å². The Balaban J connectivity index is 1.93.